The Morgan fingerprint density at radius 3 is 2.74 bits per heavy atom. The molecule has 0 saturated heterocycles. The predicted molar refractivity (Wildman–Crippen MR) is 68.5 cm³/mol. The van der Waals surface area contributed by atoms with Crippen LogP contribution in [0.3, 0.4) is 0 Å². The van der Waals surface area contributed by atoms with Gasteiger partial charge in [-0.15, -0.1) is 5.10 Å². The summed E-state index contributed by atoms with van der Waals surface area (Å²) in [4.78, 5) is 4.39. The van der Waals surface area contributed by atoms with Gasteiger partial charge in [-0.1, -0.05) is 31.1 Å². The van der Waals surface area contributed by atoms with E-state index in [2.05, 4.69) is 41.2 Å². The van der Waals surface area contributed by atoms with E-state index in [1.807, 2.05) is 0 Å². The maximum absolute atomic E-state index is 5.89. The van der Waals surface area contributed by atoms with Crippen molar-refractivity contribution in [2.45, 2.75) is 51.5 Å². The molecule has 1 aliphatic carbocycles. The van der Waals surface area contributed by atoms with Crippen LogP contribution in [-0.2, 0) is 12.0 Å². The molecule has 0 unspecified atom stereocenters. The zero-order valence-electron chi connectivity index (χ0n) is 11.4. The van der Waals surface area contributed by atoms with Gasteiger partial charge in [-0.25, -0.2) is 4.68 Å². The molecule has 2 heterocycles. The van der Waals surface area contributed by atoms with Gasteiger partial charge in [0.25, 0.3) is 0 Å². The van der Waals surface area contributed by atoms with Crippen LogP contribution in [0.5, 0.6) is 0 Å². The molecule has 1 saturated carbocycles. The van der Waals surface area contributed by atoms with Crippen LogP contribution in [0.25, 0.3) is 0 Å². The van der Waals surface area contributed by atoms with E-state index < -0.39 is 0 Å². The summed E-state index contributed by atoms with van der Waals surface area (Å²) >= 11 is 0. The number of nitrogens with two attached hydrogens (primary N) is 1. The van der Waals surface area contributed by atoms with E-state index in [4.69, 9.17) is 10.3 Å². The number of nitrogens with zero attached hydrogens (tertiary/aromatic N) is 5. The van der Waals surface area contributed by atoms with E-state index in [0.717, 1.165) is 24.4 Å². The van der Waals surface area contributed by atoms with Crippen LogP contribution in [0.15, 0.2) is 4.52 Å². The molecule has 3 rings (SSSR count). The maximum Gasteiger partial charge on any atom is 0.229 e. The molecular formula is C12H18N6O. The third-order valence-electron chi connectivity index (χ3n) is 3.17. The Balaban J connectivity index is 1.86. The van der Waals surface area contributed by atoms with Gasteiger partial charge >= 0.3 is 0 Å². The van der Waals surface area contributed by atoms with Crippen LogP contribution >= 0.6 is 0 Å². The molecule has 0 aliphatic heterocycles. The summed E-state index contributed by atoms with van der Waals surface area (Å²) in [7, 11) is 0. The van der Waals surface area contributed by atoms with Gasteiger partial charge in [0.1, 0.15) is 6.54 Å². The normalized spacial score (nSPS) is 15.9. The lowest BCUT2D eigenvalue weighted by atomic mass is 9.92. The SMILES string of the molecule is CC(C)(C)c1c(N)nnn1Cc1noc(C2CC2)n1. The Morgan fingerprint density at radius 1 is 1.37 bits per heavy atom. The first-order chi connectivity index (χ1) is 8.95. The monoisotopic (exact) mass is 262 g/mol. The molecule has 0 amide bonds. The average molecular weight is 262 g/mol. The molecule has 2 N–H and O–H groups in total. The van der Waals surface area contributed by atoms with Crippen molar-refractivity contribution in [3.63, 3.8) is 0 Å². The number of nitrogen functional groups attached to an aromatic ring is 1. The molecular weight excluding hydrogens is 244 g/mol. The summed E-state index contributed by atoms with van der Waals surface area (Å²) in [6.07, 6.45) is 2.29. The molecule has 1 aliphatic rings. The molecule has 0 atom stereocenters. The fraction of sp³-hybridized carbons (Fsp3) is 0.667. The standard InChI is InChI=1S/C12H18N6O/c1-12(2,3)9-10(13)15-17-18(9)6-8-14-11(19-16-8)7-4-5-7/h7H,4-6,13H2,1-3H3. The maximum atomic E-state index is 5.89. The van der Waals surface area contributed by atoms with Crippen molar-refractivity contribution < 1.29 is 4.52 Å². The summed E-state index contributed by atoms with van der Waals surface area (Å²) in [5, 5.41) is 12.0. The van der Waals surface area contributed by atoms with Crippen molar-refractivity contribution in [1.82, 2.24) is 25.1 Å². The second-order valence-corrected chi connectivity index (χ2v) is 6.05. The zero-order chi connectivity index (χ0) is 13.6. The van der Waals surface area contributed by atoms with Crippen molar-refractivity contribution in [1.29, 1.82) is 0 Å². The molecule has 1 fully saturated rings. The number of hydrogen-bond donors (Lipinski definition) is 1. The van der Waals surface area contributed by atoms with Crippen LogP contribution in [0.2, 0.25) is 0 Å². The second-order valence-electron chi connectivity index (χ2n) is 6.05. The third kappa shape index (κ3) is 2.32. The fourth-order valence-electron chi connectivity index (χ4n) is 2.17. The number of anilines is 1. The highest BCUT2D eigenvalue weighted by molar-refractivity contribution is 5.38. The topological polar surface area (TPSA) is 95.7 Å². The minimum Gasteiger partial charge on any atom is -0.381 e. The Kier molecular flexibility index (Phi) is 2.58. The quantitative estimate of drug-likeness (QED) is 0.899. The lowest BCUT2D eigenvalue weighted by Gasteiger charge is -2.19. The largest absolute Gasteiger partial charge is 0.381 e. The molecule has 2 aromatic heterocycles. The molecule has 7 heteroatoms. The molecule has 0 aromatic carbocycles. The van der Waals surface area contributed by atoms with Gasteiger partial charge < -0.3 is 10.3 Å². The summed E-state index contributed by atoms with van der Waals surface area (Å²) < 4.78 is 6.99. The molecule has 2 aromatic rings. The number of rotatable bonds is 3. The zero-order valence-corrected chi connectivity index (χ0v) is 11.4. The van der Waals surface area contributed by atoms with Gasteiger partial charge in [-0.3, -0.25) is 0 Å². The summed E-state index contributed by atoms with van der Waals surface area (Å²) in [6.45, 7) is 6.66. The van der Waals surface area contributed by atoms with Gasteiger partial charge in [0.15, 0.2) is 11.6 Å². The Labute approximate surface area is 111 Å². The van der Waals surface area contributed by atoms with Gasteiger partial charge in [0, 0.05) is 11.3 Å². The van der Waals surface area contributed by atoms with Crippen molar-refractivity contribution in [3.05, 3.63) is 17.4 Å². The molecule has 102 valence electrons. The van der Waals surface area contributed by atoms with Gasteiger partial charge in [0.05, 0.1) is 5.69 Å². The second kappa shape index (κ2) is 4.04. The van der Waals surface area contributed by atoms with Crippen LogP contribution in [0.4, 0.5) is 5.82 Å². The first kappa shape index (κ1) is 12.1. The van der Waals surface area contributed by atoms with E-state index in [1.165, 1.54) is 0 Å². The van der Waals surface area contributed by atoms with Crippen molar-refractivity contribution in [2.24, 2.45) is 0 Å². The van der Waals surface area contributed by atoms with Gasteiger partial charge in [-0.05, 0) is 12.8 Å². The van der Waals surface area contributed by atoms with E-state index in [9.17, 15) is 0 Å². The van der Waals surface area contributed by atoms with Crippen molar-refractivity contribution in [2.75, 3.05) is 5.73 Å². The van der Waals surface area contributed by atoms with E-state index in [1.54, 1.807) is 4.68 Å². The average Bonchev–Trinajstić information content (AvgIpc) is 2.94. The Hall–Kier alpha value is -1.92. The molecule has 0 bridgehead atoms. The van der Waals surface area contributed by atoms with Crippen LogP contribution in [-0.4, -0.2) is 25.1 Å². The minimum absolute atomic E-state index is 0.128. The van der Waals surface area contributed by atoms with Crippen molar-refractivity contribution >= 4 is 5.82 Å². The predicted octanol–water partition coefficient (Wildman–Crippen LogP) is 1.47. The Bertz CT molecular complexity index is 590. The first-order valence-corrected chi connectivity index (χ1v) is 6.47. The first-order valence-electron chi connectivity index (χ1n) is 6.47. The minimum atomic E-state index is -0.128. The summed E-state index contributed by atoms with van der Waals surface area (Å²) in [5.41, 5.74) is 6.65. The smallest absolute Gasteiger partial charge is 0.229 e. The highest BCUT2D eigenvalue weighted by atomic mass is 16.5. The molecule has 0 spiro atoms. The fourth-order valence-corrected chi connectivity index (χ4v) is 2.17. The lowest BCUT2D eigenvalue weighted by molar-refractivity contribution is 0.371. The lowest BCUT2D eigenvalue weighted by Crippen LogP contribution is -2.20. The van der Waals surface area contributed by atoms with E-state index in [0.29, 0.717) is 24.1 Å². The summed E-state index contributed by atoms with van der Waals surface area (Å²) in [5.74, 6) is 2.28. The number of hydrogen-bond acceptors (Lipinski definition) is 6. The van der Waals surface area contributed by atoms with Crippen molar-refractivity contribution in [3.8, 4) is 0 Å². The Morgan fingerprint density at radius 2 is 2.11 bits per heavy atom. The molecule has 7 nitrogen and oxygen atoms in total. The molecule has 0 radical (unpaired) electrons. The van der Waals surface area contributed by atoms with Crippen LogP contribution in [0, 0.1) is 0 Å². The van der Waals surface area contributed by atoms with Gasteiger partial charge in [-0.2, -0.15) is 4.98 Å². The van der Waals surface area contributed by atoms with Gasteiger partial charge in [0.2, 0.25) is 5.89 Å². The van der Waals surface area contributed by atoms with E-state index in [-0.39, 0.29) is 5.41 Å². The molecule has 19 heavy (non-hydrogen) atoms. The summed E-state index contributed by atoms with van der Waals surface area (Å²) in [6, 6.07) is 0. The highest BCUT2D eigenvalue weighted by Crippen LogP contribution is 2.38. The van der Waals surface area contributed by atoms with Crippen LogP contribution in [0.1, 0.15) is 56.9 Å². The highest BCUT2D eigenvalue weighted by Gasteiger charge is 2.30. The third-order valence-corrected chi connectivity index (χ3v) is 3.17. The van der Waals surface area contributed by atoms with Crippen LogP contribution < -0.4 is 5.73 Å². The van der Waals surface area contributed by atoms with E-state index >= 15 is 0 Å². The number of aromatic nitrogens is 5.